The quantitative estimate of drug-likeness (QED) is 0.800. The highest BCUT2D eigenvalue weighted by atomic mass is 16.5. The van der Waals surface area contributed by atoms with Crippen LogP contribution in [-0.4, -0.2) is 40.1 Å². The van der Waals surface area contributed by atoms with Gasteiger partial charge in [-0.2, -0.15) is 0 Å². The van der Waals surface area contributed by atoms with Gasteiger partial charge >= 0.3 is 12.0 Å². The number of carbonyl (C=O) groups is 2. The Kier molecular flexibility index (Phi) is 6.47. The van der Waals surface area contributed by atoms with Crippen LogP contribution in [0.3, 0.4) is 0 Å². The van der Waals surface area contributed by atoms with E-state index in [9.17, 15) is 14.7 Å². The number of hydrogen-bond acceptors (Lipinski definition) is 4. The molecule has 1 aliphatic heterocycles. The monoisotopic (exact) mass is 383 g/mol. The predicted octanol–water partition coefficient (Wildman–Crippen LogP) is 2.91. The number of benzene rings is 1. The number of hydrogen-bond donors (Lipinski definition) is 2. The minimum absolute atomic E-state index is 0.166. The van der Waals surface area contributed by atoms with Crippen LogP contribution in [0, 0.1) is 11.8 Å². The summed E-state index contributed by atoms with van der Waals surface area (Å²) in [7, 11) is 0. The Morgan fingerprint density at radius 3 is 2.75 bits per heavy atom. The summed E-state index contributed by atoms with van der Waals surface area (Å²) in [6.45, 7) is 3.52. The van der Waals surface area contributed by atoms with E-state index in [1.165, 1.54) is 0 Å². The molecule has 1 aromatic carbocycles. The zero-order chi connectivity index (χ0) is 19.9. The van der Waals surface area contributed by atoms with Crippen LogP contribution in [-0.2, 0) is 17.9 Å². The Labute approximate surface area is 164 Å². The highest BCUT2D eigenvalue weighted by molar-refractivity contribution is 5.76. The fourth-order valence-corrected chi connectivity index (χ4v) is 3.36. The molecule has 2 aromatic rings. The fraction of sp³-hybridized carbons (Fsp3) is 0.381. The maximum absolute atomic E-state index is 12.5. The van der Waals surface area contributed by atoms with E-state index in [1.54, 1.807) is 17.2 Å². The molecule has 2 heterocycles. The van der Waals surface area contributed by atoms with Gasteiger partial charge in [0.25, 0.3) is 0 Å². The zero-order valence-corrected chi connectivity index (χ0v) is 15.9. The van der Waals surface area contributed by atoms with E-state index in [0.29, 0.717) is 32.0 Å². The number of urea groups is 1. The van der Waals surface area contributed by atoms with Gasteiger partial charge in [0, 0.05) is 31.9 Å². The topological polar surface area (TPSA) is 91.8 Å². The molecular formula is C21H25N3O4. The van der Waals surface area contributed by atoms with Crippen molar-refractivity contribution in [2.24, 2.45) is 11.8 Å². The third kappa shape index (κ3) is 5.45. The summed E-state index contributed by atoms with van der Waals surface area (Å²) in [4.78, 5) is 29.5. The van der Waals surface area contributed by atoms with E-state index in [2.05, 4.69) is 10.3 Å². The lowest BCUT2D eigenvalue weighted by molar-refractivity contribution is -0.143. The van der Waals surface area contributed by atoms with Gasteiger partial charge in [-0.05, 0) is 29.5 Å². The fourth-order valence-electron chi connectivity index (χ4n) is 3.36. The average molecular weight is 383 g/mol. The number of aromatic nitrogens is 1. The first kappa shape index (κ1) is 19.7. The van der Waals surface area contributed by atoms with E-state index in [-0.39, 0.29) is 18.5 Å². The van der Waals surface area contributed by atoms with Crippen molar-refractivity contribution < 1.29 is 19.4 Å². The van der Waals surface area contributed by atoms with Crippen LogP contribution in [0.1, 0.15) is 24.5 Å². The number of ether oxygens (including phenoxy) is 1. The maximum Gasteiger partial charge on any atom is 0.317 e. The van der Waals surface area contributed by atoms with Gasteiger partial charge < -0.3 is 20.1 Å². The van der Waals surface area contributed by atoms with E-state index in [4.69, 9.17) is 4.74 Å². The summed E-state index contributed by atoms with van der Waals surface area (Å²) >= 11 is 0. The van der Waals surface area contributed by atoms with Gasteiger partial charge in [-0.25, -0.2) is 9.78 Å². The zero-order valence-electron chi connectivity index (χ0n) is 15.9. The standard InChI is InChI=1S/C21H25N3O4/c1-15-9-18(20(25)26)13-24(12-15)21(27)23-11-17-7-8-22-19(10-17)28-14-16-5-3-2-4-6-16/h2-8,10,15,18H,9,11-14H2,1H3,(H,23,27)(H,25,26). The van der Waals surface area contributed by atoms with Crippen molar-refractivity contribution in [1.29, 1.82) is 0 Å². The molecule has 1 saturated heterocycles. The summed E-state index contributed by atoms with van der Waals surface area (Å²) in [5.74, 6) is -0.695. The smallest absolute Gasteiger partial charge is 0.317 e. The molecule has 0 bridgehead atoms. The van der Waals surface area contributed by atoms with Gasteiger partial charge in [0.2, 0.25) is 5.88 Å². The van der Waals surface area contributed by atoms with Gasteiger partial charge in [0.1, 0.15) is 6.61 Å². The number of amides is 2. The molecule has 2 N–H and O–H groups in total. The number of rotatable bonds is 6. The normalized spacial score (nSPS) is 19.1. The number of piperidine rings is 1. The Bertz CT molecular complexity index is 812. The molecular weight excluding hydrogens is 358 g/mol. The first-order valence-corrected chi connectivity index (χ1v) is 9.38. The van der Waals surface area contributed by atoms with Crippen LogP contribution in [0.2, 0.25) is 0 Å². The molecule has 7 nitrogen and oxygen atoms in total. The van der Waals surface area contributed by atoms with E-state index < -0.39 is 11.9 Å². The molecule has 3 rings (SSSR count). The molecule has 28 heavy (non-hydrogen) atoms. The predicted molar refractivity (Wildman–Crippen MR) is 104 cm³/mol. The highest BCUT2D eigenvalue weighted by Gasteiger charge is 2.31. The van der Waals surface area contributed by atoms with Crippen molar-refractivity contribution in [3.8, 4) is 5.88 Å². The first-order valence-electron chi connectivity index (χ1n) is 9.38. The van der Waals surface area contributed by atoms with Gasteiger partial charge in [-0.3, -0.25) is 4.79 Å². The van der Waals surface area contributed by atoms with Crippen molar-refractivity contribution in [3.05, 3.63) is 59.8 Å². The molecule has 0 radical (unpaired) electrons. The van der Waals surface area contributed by atoms with Crippen molar-refractivity contribution >= 4 is 12.0 Å². The van der Waals surface area contributed by atoms with Crippen molar-refractivity contribution in [1.82, 2.24) is 15.2 Å². The second-order valence-corrected chi connectivity index (χ2v) is 7.22. The Balaban J connectivity index is 1.52. The minimum atomic E-state index is -0.848. The Morgan fingerprint density at radius 2 is 2.00 bits per heavy atom. The number of carboxylic acid groups (broad SMARTS) is 1. The van der Waals surface area contributed by atoms with Crippen LogP contribution in [0.4, 0.5) is 4.79 Å². The lowest BCUT2D eigenvalue weighted by Gasteiger charge is -2.34. The Morgan fingerprint density at radius 1 is 1.21 bits per heavy atom. The number of nitrogens with zero attached hydrogens (tertiary/aromatic N) is 2. The average Bonchev–Trinajstić information content (AvgIpc) is 2.71. The summed E-state index contributed by atoms with van der Waals surface area (Å²) in [5.41, 5.74) is 1.92. The molecule has 2 atom stereocenters. The molecule has 7 heteroatoms. The third-order valence-electron chi connectivity index (χ3n) is 4.77. The lowest BCUT2D eigenvalue weighted by Crippen LogP contribution is -2.49. The van der Waals surface area contributed by atoms with Gasteiger partial charge in [0.05, 0.1) is 5.92 Å². The molecule has 2 amide bonds. The number of aliphatic carboxylic acids is 1. The largest absolute Gasteiger partial charge is 0.481 e. The number of carbonyl (C=O) groups excluding carboxylic acids is 1. The van der Waals surface area contributed by atoms with Crippen LogP contribution in [0.25, 0.3) is 0 Å². The molecule has 1 aliphatic rings. The number of pyridine rings is 1. The van der Waals surface area contributed by atoms with Crippen LogP contribution >= 0.6 is 0 Å². The molecule has 0 saturated carbocycles. The molecule has 2 unspecified atom stereocenters. The summed E-state index contributed by atoms with van der Waals surface area (Å²) in [6, 6.07) is 13.2. The molecule has 0 aliphatic carbocycles. The van der Waals surface area contributed by atoms with E-state index in [0.717, 1.165) is 11.1 Å². The highest BCUT2D eigenvalue weighted by Crippen LogP contribution is 2.22. The van der Waals surface area contributed by atoms with Gasteiger partial charge in [-0.1, -0.05) is 37.3 Å². The number of carboxylic acids is 1. The lowest BCUT2D eigenvalue weighted by atomic mass is 9.91. The van der Waals surface area contributed by atoms with Gasteiger partial charge in [0.15, 0.2) is 0 Å². The van der Waals surface area contributed by atoms with Crippen molar-refractivity contribution in [2.75, 3.05) is 13.1 Å². The summed E-state index contributed by atoms with van der Waals surface area (Å²) < 4.78 is 5.71. The van der Waals surface area contributed by atoms with E-state index in [1.807, 2.05) is 43.3 Å². The molecule has 148 valence electrons. The second-order valence-electron chi connectivity index (χ2n) is 7.22. The van der Waals surface area contributed by atoms with Crippen molar-refractivity contribution in [3.63, 3.8) is 0 Å². The SMILES string of the molecule is CC1CC(C(=O)O)CN(C(=O)NCc2ccnc(OCc3ccccc3)c2)C1. The maximum atomic E-state index is 12.5. The first-order chi connectivity index (χ1) is 13.5. The number of likely N-dealkylation sites (tertiary alicyclic amines) is 1. The number of nitrogens with one attached hydrogen (secondary N) is 1. The van der Waals surface area contributed by atoms with Crippen molar-refractivity contribution in [2.45, 2.75) is 26.5 Å². The molecule has 1 aromatic heterocycles. The van der Waals surface area contributed by atoms with E-state index >= 15 is 0 Å². The van der Waals surface area contributed by atoms with Crippen LogP contribution in [0.5, 0.6) is 5.88 Å². The Hall–Kier alpha value is -3.09. The molecule has 0 spiro atoms. The van der Waals surface area contributed by atoms with Crippen LogP contribution < -0.4 is 10.1 Å². The minimum Gasteiger partial charge on any atom is -0.481 e. The van der Waals surface area contributed by atoms with Gasteiger partial charge in [-0.15, -0.1) is 0 Å². The summed E-state index contributed by atoms with van der Waals surface area (Å²) in [5, 5.41) is 12.1. The van der Waals surface area contributed by atoms with Crippen LogP contribution in [0.15, 0.2) is 48.7 Å². The molecule has 1 fully saturated rings. The second kappa shape index (κ2) is 9.21. The summed E-state index contributed by atoms with van der Waals surface area (Å²) in [6.07, 6.45) is 2.25. The third-order valence-corrected chi connectivity index (χ3v) is 4.77.